The predicted molar refractivity (Wildman–Crippen MR) is 92.4 cm³/mol. The molecule has 0 aromatic carbocycles. The molecule has 4 fully saturated rings. The van der Waals surface area contributed by atoms with Crippen LogP contribution in [0.4, 0.5) is 0 Å². The number of aliphatic imine (C=N–C) groups is 1. The standard InChI is InChI=1S/C11H9N.2C5H5.2Fe/c1-2-6-10(5-1)9-12-11-7-3-4-8-11;2*1-2-4-5-3-1;;/h1-9H;2*1-5H;;/q;;;2*+2. The van der Waals surface area contributed by atoms with E-state index >= 15 is 0 Å². The van der Waals surface area contributed by atoms with E-state index < -0.39 is 0 Å². The smallest absolute Gasteiger partial charge is 0.287 e. The molecular weight excluding hydrogens is 378 g/mol. The van der Waals surface area contributed by atoms with E-state index in [0.717, 1.165) is 12.0 Å². The van der Waals surface area contributed by atoms with Gasteiger partial charge in [0.25, 0.3) is 0 Å². The van der Waals surface area contributed by atoms with Gasteiger partial charge in [-0.15, -0.1) is 0 Å². The van der Waals surface area contributed by atoms with Crippen LogP contribution in [0.2, 0.25) is 0 Å². The van der Waals surface area contributed by atoms with Crippen molar-refractivity contribution in [3.8, 4) is 0 Å². The van der Waals surface area contributed by atoms with Crippen molar-refractivity contribution in [2.24, 2.45) is 4.99 Å². The van der Waals surface area contributed by atoms with Crippen molar-refractivity contribution in [3.63, 3.8) is 0 Å². The van der Waals surface area contributed by atoms with Crippen LogP contribution >= 0.6 is 0 Å². The van der Waals surface area contributed by atoms with E-state index in [1.54, 1.807) is 0 Å². The topological polar surface area (TPSA) is 12.4 Å². The molecule has 0 aromatic heterocycles. The summed E-state index contributed by atoms with van der Waals surface area (Å²) < 4.78 is 0. The molecule has 4 saturated carbocycles. The van der Waals surface area contributed by atoms with Crippen molar-refractivity contribution in [2.75, 3.05) is 0 Å². The summed E-state index contributed by atoms with van der Waals surface area (Å²) in [6.07, 6.45) is 37.9. The molecule has 1 nitrogen and oxygen atoms in total. The first-order valence-corrected chi connectivity index (χ1v) is 7.26. The molecule has 20 radical (unpaired) electrons. The Balaban J connectivity index is 0.000000370. The molecule has 0 bridgehead atoms. The van der Waals surface area contributed by atoms with E-state index in [2.05, 4.69) is 4.99 Å². The van der Waals surface area contributed by atoms with Crippen molar-refractivity contribution in [1.82, 2.24) is 0 Å². The third-order valence-electron chi connectivity index (χ3n) is 2.81. The summed E-state index contributed by atoms with van der Waals surface area (Å²) >= 11 is 0. The van der Waals surface area contributed by atoms with Crippen LogP contribution in [0.15, 0.2) is 4.99 Å². The largest absolute Gasteiger partial charge is 2.00 e. The van der Waals surface area contributed by atoms with E-state index in [9.17, 15) is 0 Å². The number of hydrogen-bond acceptors (Lipinski definition) is 1. The van der Waals surface area contributed by atoms with Gasteiger partial charge in [0.15, 0.2) is 0 Å². The van der Waals surface area contributed by atoms with Crippen LogP contribution in [-0.2, 0) is 34.1 Å². The van der Waals surface area contributed by atoms with Gasteiger partial charge < -0.3 is 0 Å². The maximum Gasteiger partial charge on any atom is 2.00 e. The molecule has 0 aromatic rings. The minimum absolute atomic E-state index is 0. The van der Waals surface area contributed by atoms with Crippen molar-refractivity contribution in [3.05, 3.63) is 128 Å². The number of hydrogen-bond donors (Lipinski definition) is 0. The van der Waals surface area contributed by atoms with E-state index in [1.807, 2.05) is 122 Å². The Bertz CT molecular complexity index is 230. The van der Waals surface area contributed by atoms with Gasteiger partial charge in [-0.1, -0.05) is 0 Å². The number of rotatable bonds is 2. The molecule has 0 unspecified atom stereocenters. The van der Waals surface area contributed by atoms with Gasteiger partial charge in [0, 0.05) is 12.1 Å². The molecule has 0 amide bonds. The van der Waals surface area contributed by atoms with Crippen molar-refractivity contribution in [1.29, 1.82) is 0 Å². The summed E-state index contributed by atoms with van der Waals surface area (Å²) in [5.74, 6) is 1.15. The maximum atomic E-state index is 4.28. The van der Waals surface area contributed by atoms with Crippen LogP contribution in [0.25, 0.3) is 0 Å². The zero-order chi connectivity index (χ0) is 15.3. The van der Waals surface area contributed by atoms with E-state index in [4.69, 9.17) is 0 Å². The minimum Gasteiger partial charge on any atom is -0.287 e. The zero-order valence-corrected chi connectivity index (χ0v) is 15.3. The summed E-state index contributed by atoms with van der Waals surface area (Å²) in [5.41, 5.74) is 0. The second-order valence-corrected chi connectivity index (χ2v) is 4.54. The average molecular weight is 397 g/mol. The van der Waals surface area contributed by atoms with E-state index in [1.165, 1.54) is 0 Å². The van der Waals surface area contributed by atoms with Gasteiger partial charge in [0.2, 0.25) is 0 Å². The van der Waals surface area contributed by atoms with Crippen molar-refractivity contribution in [2.45, 2.75) is 0 Å². The Morgan fingerprint density at radius 1 is 0.458 bits per heavy atom. The second kappa shape index (κ2) is 17.1. The van der Waals surface area contributed by atoms with Crippen LogP contribution in [0.1, 0.15) is 0 Å². The Morgan fingerprint density at radius 3 is 1.17 bits per heavy atom. The van der Waals surface area contributed by atoms with Crippen molar-refractivity contribution >= 4 is 6.21 Å². The average Bonchev–Trinajstić information content (AvgIpc) is 3.41. The summed E-state index contributed by atoms with van der Waals surface area (Å²) in [7, 11) is 0. The first-order valence-electron chi connectivity index (χ1n) is 7.26. The molecule has 0 N–H and O–H groups in total. The third-order valence-corrected chi connectivity index (χ3v) is 2.81. The van der Waals surface area contributed by atoms with Crippen LogP contribution in [0, 0.1) is 128 Å². The molecule has 4 rings (SSSR count). The molecular formula is C21H19Fe2N+4. The fraction of sp³-hybridized carbons (Fsp3) is 0. The summed E-state index contributed by atoms with van der Waals surface area (Å²) in [5, 5.41) is 0. The van der Waals surface area contributed by atoms with E-state index in [-0.39, 0.29) is 34.1 Å². The van der Waals surface area contributed by atoms with Crippen molar-refractivity contribution < 1.29 is 34.1 Å². The van der Waals surface area contributed by atoms with Crippen LogP contribution < -0.4 is 0 Å². The summed E-state index contributed by atoms with van der Waals surface area (Å²) in [6.45, 7) is 0. The number of nitrogens with zero attached hydrogens (tertiary/aromatic N) is 1. The first-order chi connectivity index (χ1) is 10.9. The minimum atomic E-state index is 0. The SMILES string of the molecule is [CH]1[CH][CH][CH][CH]1.[CH]1[CH][CH][CH][CH]1.[CH]1[CH][CH][C](C=N[C]2[CH][CH][CH][CH]2)[CH]1.[Fe+2].[Fe+2]. The van der Waals surface area contributed by atoms with Crippen LogP contribution in [-0.4, -0.2) is 6.21 Å². The molecule has 3 heteroatoms. The summed E-state index contributed by atoms with van der Waals surface area (Å²) in [6, 6.07) is 1.01. The van der Waals surface area contributed by atoms with Crippen LogP contribution in [0.3, 0.4) is 0 Å². The normalized spacial score (nSPS) is 23.8. The third kappa shape index (κ3) is 12.1. The van der Waals surface area contributed by atoms with Gasteiger partial charge in [-0.2, -0.15) is 0 Å². The van der Waals surface area contributed by atoms with Gasteiger partial charge in [-0.05, 0) is 116 Å². The fourth-order valence-corrected chi connectivity index (χ4v) is 1.72. The quantitative estimate of drug-likeness (QED) is 0.496. The van der Waals surface area contributed by atoms with Gasteiger partial charge in [0.05, 0.1) is 6.04 Å². The summed E-state index contributed by atoms with van der Waals surface area (Å²) in [4.78, 5) is 4.28. The molecule has 0 aliphatic heterocycles. The van der Waals surface area contributed by atoms with Gasteiger partial charge in [-0.3, -0.25) is 4.99 Å². The van der Waals surface area contributed by atoms with Gasteiger partial charge >= 0.3 is 34.1 Å². The van der Waals surface area contributed by atoms with Gasteiger partial charge in [-0.25, -0.2) is 0 Å². The van der Waals surface area contributed by atoms with Crippen LogP contribution in [0.5, 0.6) is 0 Å². The molecule has 4 aliphatic rings. The molecule has 4 aliphatic carbocycles. The Kier molecular flexibility index (Phi) is 17.6. The first kappa shape index (κ1) is 24.7. The maximum absolute atomic E-state index is 4.28. The Hall–Kier alpha value is 0.709. The second-order valence-electron chi connectivity index (χ2n) is 4.54. The molecule has 120 valence electrons. The monoisotopic (exact) mass is 397 g/mol. The molecule has 24 heavy (non-hydrogen) atoms. The molecule has 0 heterocycles. The molecule has 0 saturated heterocycles. The Labute approximate surface area is 172 Å². The molecule has 0 spiro atoms. The predicted octanol–water partition coefficient (Wildman–Crippen LogP) is 3.86. The van der Waals surface area contributed by atoms with E-state index in [0.29, 0.717) is 0 Å². The Morgan fingerprint density at radius 2 is 0.792 bits per heavy atom. The van der Waals surface area contributed by atoms with Gasteiger partial charge in [0.1, 0.15) is 0 Å². The fourth-order valence-electron chi connectivity index (χ4n) is 1.72. The zero-order valence-electron chi connectivity index (χ0n) is 13.1. The molecule has 0 atom stereocenters.